The minimum Gasteiger partial charge on any atom is -0.435 e. The third-order valence-corrected chi connectivity index (χ3v) is 12.3. The Morgan fingerprint density at radius 1 is 1.09 bits per heavy atom. The summed E-state index contributed by atoms with van der Waals surface area (Å²) >= 11 is 0. The number of nitrogens with one attached hydrogen (secondary N) is 1. The zero-order chi connectivity index (χ0) is 33.9. The van der Waals surface area contributed by atoms with E-state index in [1.807, 2.05) is 0 Å². The lowest BCUT2D eigenvalue weighted by molar-refractivity contribution is -0.138. The van der Waals surface area contributed by atoms with Crippen LogP contribution >= 0.6 is 0 Å². The first kappa shape index (κ1) is 33.1. The van der Waals surface area contributed by atoms with Crippen LogP contribution in [0.1, 0.15) is 52.9 Å². The van der Waals surface area contributed by atoms with E-state index in [1.54, 1.807) is 0 Å². The van der Waals surface area contributed by atoms with Crippen LogP contribution in [0.25, 0.3) is 0 Å². The van der Waals surface area contributed by atoms with Crippen LogP contribution < -0.4 is 14.4 Å². The van der Waals surface area contributed by atoms with E-state index in [9.17, 15) is 48.0 Å². The monoisotopic (exact) mass is 703 g/mol. The van der Waals surface area contributed by atoms with Gasteiger partial charge in [-0.15, -0.1) is 0 Å². The molecule has 6 rings (SSSR count). The normalized spacial score (nSPS) is 20.3. The molecule has 1 unspecified atom stereocenters. The molecule has 1 spiro atoms. The molecule has 1 saturated carbocycles. The second-order valence-corrected chi connectivity index (χ2v) is 15.9. The van der Waals surface area contributed by atoms with E-state index in [4.69, 9.17) is 0 Å². The number of fused-ring (bicyclic) bond motifs is 2. The summed E-state index contributed by atoms with van der Waals surface area (Å²) in [7, 11) is -7.87. The van der Waals surface area contributed by atoms with Crippen LogP contribution in [0.2, 0.25) is 0 Å². The average Bonchev–Trinajstić information content (AvgIpc) is 3.80. The summed E-state index contributed by atoms with van der Waals surface area (Å²) in [6.07, 6.45) is -2.91. The van der Waals surface area contributed by atoms with Crippen molar-refractivity contribution in [1.82, 2.24) is 10.3 Å². The van der Waals surface area contributed by atoms with Crippen LogP contribution in [0.4, 0.5) is 32.0 Å². The third-order valence-electron chi connectivity index (χ3n) is 8.89. The number of halogens is 6. The van der Waals surface area contributed by atoms with E-state index in [-0.39, 0.29) is 58.2 Å². The van der Waals surface area contributed by atoms with Crippen LogP contribution in [-0.4, -0.2) is 51.9 Å². The number of sulfone groups is 1. The van der Waals surface area contributed by atoms with E-state index in [2.05, 4.69) is 15.0 Å². The van der Waals surface area contributed by atoms with Crippen molar-refractivity contribution in [3.8, 4) is 5.75 Å². The second-order valence-electron chi connectivity index (χ2n) is 11.8. The summed E-state index contributed by atoms with van der Waals surface area (Å²) in [5.41, 5.74) is -2.10. The molecule has 2 aromatic carbocycles. The minimum atomic E-state index is -4.81. The summed E-state index contributed by atoms with van der Waals surface area (Å²) in [5, 5.41) is 2.42. The van der Waals surface area contributed by atoms with E-state index < -0.39 is 73.6 Å². The molecule has 0 radical (unpaired) electrons. The van der Waals surface area contributed by atoms with Gasteiger partial charge >= 0.3 is 12.8 Å². The fraction of sp³-hybridized carbons (Fsp3) is 0.400. The molecule has 252 valence electrons. The third kappa shape index (κ3) is 6.26. The number of amides is 1. The lowest BCUT2D eigenvalue weighted by atomic mass is 9.70. The van der Waals surface area contributed by atoms with Crippen molar-refractivity contribution in [3.63, 3.8) is 0 Å². The predicted molar refractivity (Wildman–Crippen MR) is 156 cm³/mol. The predicted octanol–water partition coefficient (Wildman–Crippen LogP) is 5.20. The highest BCUT2D eigenvalue weighted by atomic mass is 32.2. The van der Waals surface area contributed by atoms with Gasteiger partial charge in [0.15, 0.2) is 0 Å². The number of alkyl halides is 5. The number of aromatic nitrogens is 1. The lowest BCUT2D eigenvalue weighted by Crippen LogP contribution is -2.52. The number of hydrogen-bond acceptors (Lipinski definition) is 7. The summed E-state index contributed by atoms with van der Waals surface area (Å²) in [6.45, 7) is -3.74. The topological polar surface area (TPSA) is 123 Å². The van der Waals surface area contributed by atoms with E-state index in [1.165, 1.54) is 40.7 Å². The molecule has 2 fully saturated rings. The van der Waals surface area contributed by atoms with Gasteiger partial charge in [-0.2, -0.15) is 22.0 Å². The molecular formula is C30H27F6N3O6S2. The molecule has 17 heteroatoms. The van der Waals surface area contributed by atoms with Crippen LogP contribution in [0, 0.1) is 11.7 Å². The van der Waals surface area contributed by atoms with Crippen molar-refractivity contribution in [3.05, 3.63) is 82.9 Å². The average molecular weight is 704 g/mol. The standard InChI is InChI=1S/C30H27F6N3O6S2/c31-23-13-19(30(34,35)36)15-37-24(23)16-38-27(40)18-6-7-25-22(12-18)29(8-10-46(41,42)11-9-29)26(17-4-5-17)39(25)47(43,44)21-3-1-2-20(14-21)45-28(32)33/h1-3,6-7,12-15,17,26,28H,4-5,8-11,16H2,(H,38,40). The Bertz CT molecular complexity index is 1940. The summed E-state index contributed by atoms with van der Waals surface area (Å²) in [6, 6.07) is 8.40. The summed E-state index contributed by atoms with van der Waals surface area (Å²) in [4.78, 5) is 16.4. The van der Waals surface area contributed by atoms with Crippen LogP contribution in [0.3, 0.4) is 0 Å². The molecule has 0 bridgehead atoms. The number of carbonyl (C=O) groups excluding carboxylic acids is 1. The maximum absolute atomic E-state index is 14.4. The number of rotatable bonds is 8. The number of sulfonamides is 1. The molecule has 1 amide bonds. The van der Waals surface area contributed by atoms with Gasteiger partial charge in [0, 0.05) is 23.2 Å². The first-order valence-corrected chi connectivity index (χ1v) is 17.7. The Kier molecular flexibility index (Phi) is 8.22. The van der Waals surface area contributed by atoms with Crippen molar-refractivity contribution < 1.29 is 52.7 Å². The van der Waals surface area contributed by atoms with Gasteiger partial charge in [-0.3, -0.25) is 14.1 Å². The van der Waals surface area contributed by atoms with Crippen molar-refractivity contribution in [2.24, 2.45) is 5.92 Å². The molecule has 3 aromatic rings. The van der Waals surface area contributed by atoms with Gasteiger partial charge in [0.05, 0.1) is 45.9 Å². The summed E-state index contributed by atoms with van der Waals surface area (Å²) in [5.74, 6) is -2.99. The number of benzene rings is 2. The van der Waals surface area contributed by atoms with Crippen LogP contribution in [-0.2, 0) is 38.0 Å². The van der Waals surface area contributed by atoms with Gasteiger partial charge in [0.2, 0.25) is 0 Å². The molecule has 2 aliphatic heterocycles. The number of carbonyl (C=O) groups is 1. The maximum atomic E-state index is 14.4. The zero-order valence-corrected chi connectivity index (χ0v) is 25.9. The molecule has 1 atom stereocenters. The number of ether oxygens (including phenoxy) is 1. The van der Waals surface area contributed by atoms with Gasteiger partial charge in [-0.1, -0.05) is 6.07 Å². The molecular weight excluding hydrogens is 676 g/mol. The molecule has 47 heavy (non-hydrogen) atoms. The quantitative estimate of drug-likeness (QED) is 0.320. The van der Waals surface area contributed by atoms with Gasteiger partial charge in [-0.25, -0.2) is 21.2 Å². The first-order valence-electron chi connectivity index (χ1n) is 14.5. The van der Waals surface area contributed by atoms with Crippen LogP contribution in [0.15, 0.2) is 59.6 Å². The van der Waals surface area contributed by atoms with E-state index in [0.717, 1.165) is 6.07 Å². The van der Waals surface area contributed by atoms with Gasteiger partial charge < -0.3 is 10.1 Å². The number of hydrogen-bond donors (Lipinski definition) is 1. The van der Waals surface area contributed by atoms with Crippen molar-refractivity contribution >= 4 is 31.5 Å². The zero-order valence-electron chi connectivity index (χ0n) is 24.3. The Morgan fingerprint density at radius 2 is 1.79 bits per heavy atom. The lowest BCUT2D eigenvalue weighted by Gasteiger charge is -2.41. The fourth-order valence-corrected chi connectivity index (χ4v) is 9.93. The highest BCUT2D eigenvalue weighted by Gasteiger charge is 2.60. The summed E-state index contributed by atoms with van der Waals surface area (Å²) < 4.78 is 138. The Labute approximate surface area is 265 Å². The Morgan fingerprint density at radius 3 is 2.40 bits per heavy atom. The highest BCUT2D eigenvalue weighted by molar-refractivity contribution is 7.93. The Hall–Kier alpha value is -3.86. The van der Waals surface area contributed by atoms with Crippen molar-refractivity contribution in [2.75, 3.05) is 15.8 Å². The molecule has 3 heterocycles. The number of pyridine rings is 1. The second kappa shape index (κ2) is 11.7. The van der Waals surface area contributed by atoms with Gasteiger partial charge in [0.1, 0.15) is 21.4 Å². The fourth-order valence-electron chi connectivity index (χ4n) is 6.54. The Balaban J connectivity index is 1.38. The van der Waals surface area contributed by atoms with Crippen molar-refractivity contribution in [1.29, 1.82) is 0 Å². The number of nitrogens with zero attached hydrogens (tertiary/aromatic N) is 2. The molecule has 1 saturated heterocycles. The van der Waals surface area contributed by atoms with Gasteiger partial charge in [0.25, 0.3) is 15.9 Å². The van der Waals surface area contributed by atoms with E-state index in [0.29, 0.717) is 24.6 Å². The van der Waals surface area contributed by atoms with Gasteiger partial charge in [-0.05, 0) is 73.6 Å². The first-order chi connectivity index (χ1) is 22.0. The highest BCUT2D eigenvalue weighted by Crippen LogP contribution is 2.59. The maximum Gasteiger partial charge on any atom is 0.417 e. The number of anilines is 1. The molecule has 3 aliphatic rings. The smallest absolute Gasteiger partial charge is 0.417 e. The largest absolute Gasteiger partial charge is 0.435 e. The van der Waals surface area contributed by atoms with Crippen molar-refractivity contribution in [2.45, 2.75) is 61.4 Å². The molecule has 1 N–H and O–H groups in total. The van der Waals surface area contributed by atoms with Crippen LogP contribution in [0.5, 0.6) is 5.75 Å². The minimum absolute atomic E-state index is 0.0185. The SMILES string of the molecule is O=C(NCc1ncc(C(F)(F)F)cc1F)c1ccc2c(c1)C1(CCS(=O)(=O)CC1)C(C1CC1)N2S(=O)(=O)c1cccc(OC(F)F)c1. The molecule has 1 aliphatic carbocycles. The molecule has 9 nitrogen and oxygen atoms in total. The van der Waals surface area contributed by atoms with E-state index >= 15 is 0 Å². The molecule has 1 aromatic heterocycles.